The van der Waals surface area contributed by atoms with Gasteiger partial charge in [-0.2, -0.15) is 0 Å². The monoisotopic (exact) mass is 464 g/mol. The van der Waals surface area contributed by atoms with E-state index < -0.39 is 6.04 Å². The Kier molecular flexibility index (Phi) is 9.55. The van der Waals surface area contributed by atoms with E-state index in [1.165, 1.54) is 5.56 Å². The van der Waals surface area contributed by atoms with Crippen LogP contribution in [0.2, 0.25) is 0 Å². The fourth-order valence-corrected chi connectivity index (χ4v) is 4.72. The van der Waals surface area contributed by atoms with Crippen molar-refractivity contribution in [3.63, 3.8) is 0 Å². The van der Waals surface area contributed by atoms with Gasteiger partial charge in [-0.25, -0.2) is 0 Å². The molecule has 1 aliphatic carbocycles. The van der Waals surface area contributed by atoms with E-state index in [0.717, 1.165) is 42.6 Å². The molecule has 0 aromatic heterocycles. The average molecular weight is 465 g/mol. The highest BCUT2D eigenvalue weighted by Crippen LogP contribution is 2.21. The van der Waals surface area contributed by atoms with Crippen molar-refractivity contribution in [2.45, 2.75) is 90.3 Å². The molecule has 0 saturated heterocycles. The summed E-state index contributed by atoms with van der Waals surface area (Å²) in [5.74, 6) is 1.20. The Hall–Kier alpha value is -2.82. The van der Waals surface area contributed by atoms with Gasteiger partial charge in [0.1, 0.15) is 11.8 Å². The first kappa shape index (κ1) is 25.8. The van der Waals surface area contributed by atoms with Crippen molar-refractivity contribution in [3.8, 4) is 5.75 Å². The standard InChI is InChI=1S/C29H40N2O3/c1-5-27(29(33)30-25-10-6-7-11-25)31(20-23-9-8-12-26(19-23)34-4)28(32)18-15-22-13-16-24(17-14-22)21(2)3/h8-9,12-14,16-17,19,21,25,27H,5-7,10-11,15,18,20H2,1-4H3,(H,30,33)/t27-/m0/s1. The molecular formula is C29H40N2O3. The number of aryl methyl sites for hydroxylation is 1. The van der Waals surface area contributed by atoms with E-state index in [2.05, 4.69) is 43.4 Å². The molecule has 2 amide bonds. The molecule has 5 heteroatoms. The molecule has 0 heterocycles. The molecule has 3 rings (SSSR count). The summed E-state index contributed by atoms with van der Waals surface area (Å²) in [6, 6.07) is 16.0. The maximum absolute atomic E-state index is 13.5. The number of nitrogens with zero attached hydrogens (tertiary/aromatic N) is 1. The average Bonchev–Trinajstić information content (AvgIpc) is 3.35. The van der Waals surface area contributed by atoms with E-state index in [1.807, 2.05) is 31.2 Å². The van der Waals surface area contributed by atoms with E-state index in [9.17, 15) is 9.59 Å². The van der Waals surface area contributed by atoms with Gasteiger partial charge in [-0.15, -0.1) is 0 Å². The Morgan fingerprint density at radius 1 is 1.06 bits per heavy atom. The third-order valence-electron chi connectivity index (χ3n) is 6.85. The van der Waals surface area contributed by atoms with Crippen LogP contribution in [0.15, 0.2) is 48.5 Å². The molecule has 1 fully saturated rings. The van der Waals surface area contributed by atoms with Crippen molar-refractivity contribution in [1.82, 2.24) is 10.2 Å². The molecular weight excluding hydrogens is 424 g/mol. The smallest absolute Gasteiger partial charge is 0.243 e. The van der Waals surface area contributed by atoms with Crippen LogP contribution in [0.4, 0.5) is 0 Å². The molecule has 0 aliphatic heterocycles. The van der Waals surface area contributed by atoms with Gasteiger partial charge >= 0.3 is 0 Å². The summed E-state index contributed by atoms with van der Waals surface area (Å²) < 4.78 is 5.37. The Morgan fingerprint density at radius 2 is 1.76 bits per heavy atom. The molecule has 1 saturated carbocycles. The van der Waals surface area contributed by atoms with Crippen LogP contribution in [0.1, 0.15) is 81.9 Å². The topological polar surface area (TPSA) is 58.6 Å². The van der Waals surface area contributed by atoms with Gasteiger partial charge in [-0.1, -0.05) is 70.0 Å². The van der Waals surface area contributed by atoms with Gasteiger partial charge in [0, 0.05) is 19.0 Å². The maximum Gasteiger partial charge on any atom is 0.243 e. The normalized spacial score (nSPS) is 14.7. The van der Waals surface area contributed by atoms with Gasteiger partial charge in [-0.05, 0) is 60.4 Å². The van der Waals surface area contributed by atoms with Crippen LogP contribution in [-0.4, -0.2) is 35.9 Å². The predicted molar refractivity (Wildman–Crippen MR) is 137 cm³/mol. The maximum atomic E-state index is 13.5. The van der Waals surface area contributed by atoms with Crippen LogP contribution >= 0.6 is 0 Å². The van der Waals surface area contributed by atoms with Crippen LogP contribution in [-0.2, 0) is 22.6 Å². The summed E-state index contributed by atoms with van der Waals surface area (Å²) in [5.41, 5.74) is 3.40. The van der Waals surface area contributed by atoms with Gasteiger partial charge in [0.2, 0.25) is 11.8 Å². The van der Waals surface area contributed by atoms with Crippen molar-refractivity contribution < 1.29 is 14.3 Å². The Balaban J connectivity index is 1.75. The number of nitrogens with one attached hydrogen (secondary N) is 1. The quantitative estimate of drug-likeness (QED) is 0.470. The fraction of sp³-hybridized carbons (Fsp3) is 0.517. The van der Waals surface area contributed by atoms with E-state index in [0.29, 0.717) is 31.7 Å². The lowest BCUT2D eigenvalue weighted by Crippen LogP contribution is -2.51. The van der Waals surface area contributed by atoms with Crippen LogP contribution in [0.3, 0.4) is 0 Å². The molecule has 2 aromatic carbocycles. The third kappa shape index (κ3) is 7.09. The highest BCUT2D eigenvalue weighted by molar-refractivity contribution is 5.88. The molecule has 184 valence electrons. The van der Waals surface area contributed by atoms with Crippen molar-refractivity contribution >= 4 is 11.8 Å². The minimum absolute atomic E-state index is 0.00387. The minimum atomic E-state index is -0.484. The first-order chi connectivity index (χ1) is 16.4. The van der Waals surface area contributed by atoms with E-state index in [-0.39, 0.29) is 17.9 Å². The summed E-state index contributed by atoms with van der Waals surface area (Å²) in [6.07, 6.45) is 5.98. The van der Waals surface area contributed by atoms with Crippen molar-refractivity contribution in [2.24, 2.45) is 0 Å². The molecule has 34 heavy (non-hydrogen) atoms. The molecule has 1 aliphatic rings. The van der Waals surface area contributed by atoms with Crippen molar-refractivity contribution in [3.05, 3.63) is 65.2 Å². The Labute approximate surface area is 204 Å². The number of hydrogen-bond acceptors (Lipinski definition) is 3. The number of rotatable bonds is 11. The molecule has 0 bridgehead atoms. The number of ether oxygens (including phenoxy) is 1. The number of carbonyl (C=O) groups excluding carboxylic acids is 2. The molecule has 0 radical (unpaired) electrons. The largest absolute Gasteiger partial charge is 0.497 e. The summed E-state index contributed by atoms with van der Waals surface area (Å²) in [5, 5.41) is 3.21. The lowest BCUT2D eigenvalue weighted by Gasteiger charge is -2.31. The Morgan fingerprint density at radius 3 is 2.38 bits per heavy atom. The number of carbonyl (C=O) groups is 2. The second-order valence-corrected chi connectivity index (χ2v) is 9.68. The van der Waals surface area contributed by atoms with Gasteiger partial charge in [-0.3, -0.25) is 9.59 Å². The highest BCUT2D eigenvalue weighted by Gasteiger charge is 2.30. The molecule has 0 unspecified atom stereocenters. The van der Waals surface area contributed by atoms with E-state index >= 15 is 0 Å². The summed E-state index contributed by atoms with van der Waals surface area (Å²) in [4.78, 5) is 28.5. The van der Waals surface area contributed by atoms with Gasteiger partial charge < -0.3 is 15.0 Å². The molecule has 2 aromatic rings. The summed E-state index contributed by atoms with van der Waals surface area (Å²) in [7, 11) is 1.64. The first-order valence-electron chi connectivity index (χ1n) is 12.7. The van der Waals surface area contributed by atoms with Crippen LogP contribution in [0, 0.1) is 0 Å². The number of amides is 2. The highest BCUT2D eigenvalue weighted by atomic mass is 16.5. The van der Waals surface area contributed by atoms with Crippen LogP contribution in [0.25, 0.3) is 0 Å². The second kappa shape index (κ2) is 12.6. The van der Waals surface area contributed by atoms with E-state index in [4.69, 9.17) is 4.74 Å². The van der Waals surface area contributed by atoms with Crippen molar-refractivity contribution in [1.29, 1.82) is 0 Å². The molecule has 1 N–H and O–H groups in total. The lowest BCUT2D eigenvalue weighted by molar-refractivity contribution is -0.141. The van der Waals surface area contributed by atoms with Crippen LogP contribution in [0.5, 0.6) is 5.75 Å². The third-order valence-corrected chi connectivity index (χ3v) is 6.85. The van der Waals surface area contributed by atoms with E-state index in [1.54, 1.807) is 12.0 Å². The zero-order chi connectivity index (χ0) is 24.5. The van der Waals surface area contributed by atoms with Gasteiger partial charge in [0.05, 0.1) is 7.11 Å². The van der Waals surface area contributed by atoms with Gasteiger partial charge in [0.25, 0.3) is 0 Å². The molecule has 1 atom stereocenters. The Bertz CT molecular complexity index is 933. The minimum Gasteiger partial charge on any atom is -0.497 e. The predicted octanol–water partition coefficient (Wildman–Crippen LogP) is 5.62. The zero-order valence-corrected chi connectivity index (χ0v) is 21.2. The number of benzene rings is 2. The zero-order valence-electron chi connectivity index (χ0n) is 21.2. The van der Waals surface area contributed by atoms with Crippen LogP contribution < -0.4 is 10.1 Å². The van der Waals surface area contributed by atoms with Crippen molar-refractivity contribution in [2.75, 3.05) is 7.11 Å². The fourth-order valence-electron chi connectivity index (χ4n) is 4.72. The lowest BCUT2D eigenvalue weighted by atomic mass is 10.00. The summed E-state index contributed by atoms with van der Waals surface area (Å²) >= 11 is 0. The molecule has 0 spiro atoms. The first-order valence-corrected chi connectivity index (χ1v) is 12.7. The summed E-state index contributed by atoms with van der Waals surface area (Å²) in [6.45, 7) is 6.72. The number of methoxy groups -OCH3 is 1. The molecule has 5 nitrogen and oxygen atoms in total. The van der Waals surface area contributed by atoms with Gasteiger partial charge in [0.15, 0.2) is 0 Å². The SMILES string of the molecule is CC[C@@H](C(=O)NC1CCCC1)N(Cc1cccc(OC)c1)C(=O)CCc1ccc(C(C)C)cc1. The second-order valence-electron chi connectivity index (χ2n) is 9.68. The number of hydrogen-bond donors (Lipinski definition) is 1.